The summed E-state index contributed by atoms with van der Waals surface area (Å²) in [6.07, 6.45) is 2.25. The number of hydrogen-bond donors (Lipinski definition) is 1. The summed E-state index contributed by atoms with van der Waals surface area (Å²) in [5.74, 6) is 0. The summed E-state index contributed by atoms with van der Waals surface area (Å²) in [5.41, 5.74) is 1.07. The lowest BCUT2D eigenvalue weighted by atomic mass is 10.3. The Hall–Kier alpha value is -0.450. The highest BCUT2D eigenvalue weighted by molar-refractivity contribution is 7.09. The Bertz CT molecular complexity index is 263. The van der Waals surface area contributed by atoms with Crippen LogP contribution in [0.3, 0.4) is 0 Å². The minimum atomic E-state index is 0.644. The molecule has 86 valence electrons. The van der Waals surface area contributed by atoms with Gasteiger partial charge in [0.1, 0.15) is 0 Å². The van der Waals surface area contributed by atoms with Crippen molar-refractivity contribution < 1.29 is 4.74 Å². The average Bonchev–Trinajstić information content (AvgIpc) is 2.66. The van der Waals surface area contributed by atoms with Gasteiger partial charge in [-0.05, 0) is 19.4 Å². The molecule has 0 atom stereocenters. The Kier molecular flexibility index (Phi) is 6.55. The van der Waals surface area contributed by atoms with E-state index in [0.29, 0.717) is 6.61 Å². The molecule has 0 unspecified atom stereocenters. The van der Waals surface area contributed by atoms with Gasteiger partial charge in [-0.3, -0.25) is 0 Å². The molecule has 0 fully saturated rings. The second kappa shape index (κ2) is 7.79. The predicted molar refractivity (Wildman–Crippen MR) is 64.3 cm³/mol. The van der Waals surface area contributed by atoms with Crippen LogP contribution in [0.1, 0.15) is 31.0 Å². The standard InChI is InChI=1S/C11H20N2OS/c1-3-5-11-13-10(9-15-11)8-14-7-6-12-4-2/h9,12H,3-8H2,1-2H3. The lowest BCUT2D eigenvalue weighted by Crippen LogP contribution is -2.18. The first-order valence-corrected chi connectivity index (χ1v) is 6.46. The molecule has 1 rings (SSSR count). The van der Waals surface area contributed by atoms with Crippen molar-refractivity contribution in [2.45, 2.75) is 33.3 Å². The molecular formula is C11H20N2OS. The van der Waals surface area contributed by atoms with E-state index in [1.54, 1.807) is 11.3 Å². The molecule has 0 aromatic carbocycles. The number of ether oxygens (including phenoxy) is 1. The van der Waals surface area contributed by atoms with Crippen LogP contribution in [0.25, 0.3) is 0 Å². The number of aryl methyl sites for hydroxylation is 1. The molecule has 0 aliphatic carbocycles. The van der Waals surface area contributed by atoms with Crippen molar-refractivity contribution in [2.75, 3.05) is 19.7 Å². The van der Waals surface area contributed by atoms with E-state index in [2.05, 4.69) is 29.5 Å². The van der Waals surface area contributed by atoms with E-state index in [9.17, 15) is 0 Å². The first kappa shape index (κ1) is 12.6. The SMILES string of the molecule is CCCc1nc(COCCNCC)cs1. The van der Waals surface area contributed by atoms with Gasteiger partial charge in [-0.15, -0.1) is 11.3 Å². The zero-order valence-corrected chi connectivity index (χ0v) is 10.4. The highest BCUT2D eigenvalue weighted by atomic mass is 32.1. The van der Waals surface area contributed by atoms with Crippen LogP contribution in [0.2, 0.25) is 0 Å². The van der Waals surface area contributed by atoms with E-state index < -0.39 is 0 Å². The van der Waals surface area contributed by atoms with Crippen LogP contribution in [0, 0.1) is 0 Å². The van der Waals surface area contributed by atoms with Gasteiger partial charge in [0.2, 0.25) is 0 Å². The minimum Gasteiger partial charge on any atom is -0.374 e. The molecule has 4 heteroatoms. The quantitative estimate of drug-likeness (QED) is 0.693. The third-order valence-electron chi connectivity index (χ3n) is 1.99. The number of nitrogens with zero attached hydrogens (tertiary/aromatic N) is 1. The van der Waals surface area contributed by atoms with E-state index in [4.69, 9.17) is 4.74 Å². The average molecular weight is 228 g/mol. The molecule has 0 aliphatic heterocycles. The first-order valence-electron chi connectivity index (χ1n) is 5.58. The van der Waals surface area contributed by atoms with Crippen LogP contribution in [0.15, 0.2) is 5.38 Å². The molecule has 3 nitrogen and oxygen atoms in total. The number of thiazole rings is 1. The highest BCUT2D eigenvalue weighted by Crippen LogP contribution is 2.12. The molecule has 0 saturated heterocycles. The Labute approximate surface area is 95.9 Å². The summed E-state index contributed by atoms with van der Waals surface area (Å²) >= 11 is 1.74. The maximum absolute atomic E-state index is 5.49. The molecule has 0 saturated carbocycles. The van der Waals surface area contributed by atoms with Crippen molar-refractivity contribution in [2.24, 2.45) is 0 Å². The van der Waals surface area contributed by atoms with Crippen molar-refractivity contribution >= 4 is 11.3 Å². The van der Waals surface area contributed by atoms with E-state index in [1.165, 1.54) is 5.01 Å². The van der Waals surface area contributed by atoms with E-state index >= 15 is 0 Å². The number of hydrogen-bond acceptors (Lipinski definition) is 4. The summed E-state index contributed by atoms with van der Waals surface area (Å²) in [6.45, 7) is 7.59. The van der Waals surface area contributed by atoms with Gasteiger partial charge in [-0.25, -0.2) is 4.98 Å². The second-order valence-corrected chi connectivity index (χ2v) is 4.33. The van der Waals surface area contributed by atoms with Crippen LogP contribution >= 0.6 is 11.3 Å². The molecule has 0 aliphatic rings. The van der Waals surface area contributed by atoms with Crippen molar-refractivity contribution in [3.8, 4) is 0 Å². The van der Waals surface area contributed by atoms with Gasteiger partial charge in [0.15, 0.2) is 0 Å². The van der Waals surface area contributed by atoms with Gasteiger partial charge in [0.05, 0.1) is 23.9 Å². The summed E-state index contributed by atoms with van der Waals surface area (Å²) in [7, 11) is 0. The minimum absolute atomic E-state index is 0.644. The normalized spacial score (nSPS) is 10.8. The summed E-state index contributed by atoms with van der Waals surface area (Å²) < 4.78 is 5.49. The number of aromatic nitrogens is 1. The molecule has 0 amide bonds. The predicted octanol–water partition coefficient (Wildman–Crippen LogP) is 2.22. The van der Waals surface area contributed by atoms with Crippen LogP contribution < -0.4 is 5.32 Å². The maximum atomic E-state index is 5.49. The topological polar surface area (TPSA) is 34.1 Å². The van der Waals surface area contributed by atoms with Crippen LogP contribution in [0.5, 0.6) is 0 Å². The molecule has 1 heterocycles. The number of nitrogens with one attached hydrogen (secondary N) is 1. The fourth-order valence-corrected chi connectivity index (χ4v) is 2.13. The summed E-state index contributed by atoms with van der Waals surface area (Å²) in [5, 5.41) is 6.54. The summed E-state index contributed by atoms with van der Waals surface area (Å²) in [6, 6.07) is 0. The summed E-state index contributed by atoms with van der Waals surface area (Å²) in [4.78, 5) is 4.49. The zero-order chi connectivity index (χ0) is 10.9. The number of likely N-dealkylation sites (N-methyl/N-ethyl adjacent to an activating group) is 1. The molecule has 1 aromatic rings. The maximum Gasteiger partial charge on any atom is 0.0929 e. The molecule has 1 N–H and O–H groups in total. The van der Waals surface area contributed by atoms with Gasteiger partial charge >= 0.3 is 0 Å². The lowest BCUT2D eigenvalue weighted by molar-refractivity contribution is 0.121. The molecule has 15 heavy (non-hydrogen) atoms. The van der Waals surface area contributed by atoms with Crippen molar-refractivity contribution in [1.29, 1.82) is 0 Å². The smallest absolute Gasteiger partial charge is 0.0929 e. The highest BCUT2D eigenvalue weighted by Gasteiger charge is 2.00. The first-order chi connectivity index (χ1) is 7.36. The fraction of sp³-hybridized carbons (Fsp3) is 0.727. The largest absolute Gasteiger partial charge is 0.374 e. The van der Waals surface area contributed by atoms with E-state index in [-0.39, 0.29) is 0 Å². The van der Waals surface area contributed by atoms with Crippen LogP contribution in [-0.2, 0) is 17.8 Å². The molecular weight excluding hydrogens is 208 g/mol. The molecule has 0 radical (unpaired) electrons. The van der Waals surface area contributed by atoms with Gasteiger partial charge in [-0.2, -0.15) is 0 Å². The monoisotopic (exact) mass is 228 g/mol. The number of rotatable bonds is 8. The van der Waals surface area contributed by atoms with Gasteiger partial charge in [0.25, 0.3) is 0 Å². The van der Waals surface area contributed by atoms with Gasteiger partial charge < -0.3 is 10.1 Å². The fourth-order valence-electron chi connectivity index (χ4n) is 1.24. The van der Waals surface area contributed by atoms with E-state index in [1.807, 2.05) is 0 Å². The van der Waals surface area contributed by atoms with Gasteiger partial charge in [0, 0.05) is 11.9 Å². The van der Waals surface area contributed by atoms with Crippen molar-refractivity contribution in [3.05, 3.63) is 16.1 Å². The molecule has 1 aromatic heterocycles. The van der Waals surface area contributed by atoms with Crippen LogP contribution in [-0.4, -0.2) is 24.7 Å². The third-order valence-corrected chi connectivity index (χ3v) is 2.94. The second-order valence-electron chi connectivity index (χ2n) is 3.39. The lowest BCUT2D eigenvalue weighted by Gasteiger charge is -2.02. The Balaban J connectivity index is 2.14. The molecule has 0 bridgehead atoms. The zero-order valence-electron chi connectivity index (χ0n) is 9.58. The Morgan fingerprint density at radius 1 is 1.47 bits per heavy atom. The molecule has 0 spiro atoms. The van der Waals surface area contributed by atoms with Crippen molar-refractivity contribution in [3.63, 3.8) is 0 Å². The van der Waals surface area contributed by atoms with Crippen LogP contribution in [0.4, 0.5) is 0 Å². The third kappa shape index (κ3) is 5.25. The van der Waals surface area contributed by atoms with Crippen molar-refractivity contribution in [1.82, 2.24) is 10.3 Å². The Morgan fingerprint density at radius 2 is 2.33 bits per heavy atom. The Morgan fingerprint density at radius 3 is 3.07 bits per heavy atom. The van der Waals surface area contributed by atoms with Gasteiger partial charge in [-0.1, -0.05) is 13.8 Å². The van der Waals surface area contributed by atoms with E-state index in [0.717, 1.165) is 38.2 Å².